The number of halogens is 1. The van der Waals surface area contributed by atoms with Crippen LogP contribution in [-0.2, 0) is 27.7 Å². The lowest BCUT2D eigenvalue weighted by Crippen LogP contribution is -2.44. The molecule has 0 spiro atoms. The number of aryl methyl sites for hydroxylation is 1. The number of ether oxygens (including phenoxy) is 1. The van der Waals surface area contributed by atoms with Crippen molar-refractivity contribution >= 4 is 21.6 Å². The van der Waals surface area contributed by atoms with Gasteiger partial charge in [-0.25, -0.2) is 22.8 Å². The van der Waals surface area contributed by atoms with Crippen LogP contribution in [0.1, 0.15) is 30.4 Å². The molecule has 0 bridgehead atoms. The van der Waals surface area contributed by atoms with Crippen molar-refractivity contribution < 1.29 is 22.3 Å². The van der Waals surface area contributed by atoms with E-state index in [1.54, 1.807) is 17.0 Å². The van der Waals surface area contributed by atoms with E-state index >= 15 is 0 Å². The van der Waals surface area contributed by atoms with Crippen LogP contribution in [0, 0.1) is 5.82 Å². The van der Waals surface area contributed by atoms with Crippen molar-refractivity contribution in [1.29, 1.82) is 0 Å². The first-order valence-electron chi connectivity index (χ1n) is 10.0. The molecule has 1 saturated heterocycles. The van der Waals surface area contributed by atoms with Crippen molar-refractivity contribution in [2.75, 3.05) is 24.5 Å². The molecule has 8 nitrogen and oxygen atoms in total. The third-order valence-electron chi connectivity index (χ3n) is 5.87. The Bertz CT molecular complexity index is 1110. The number of carbonyl (C=O) groups excluding carboxylic acids is 1. The maximum Gasteiger partial charge on any atom is 0.316 e. The van der Waals surface area contributed by atoms with Gasteiger partial charge in [0.1, 0.15) is 6.10 Å². The van der Waals surface area contributed by atoms with Gasteiger partial charge in [-0.05, 0) is 48.9 Å². The Balaban J connectivity index is 1.39. The Morgan fingerprint density at radius 2 is 1.80 bits per heavy atom. The summed E-state index contributed by atoms with van der Waals surface area (Å²) in [6, 6.07) is 3.46. The molecule has 3 aliphatic heterocycles. The van der Waals surface area contributed by atoms with Gasteiger partial charge in [-0.3, -0.25) is 4.79 Å². The van der Waals surface area contributed by atoms with E-state index in [-0.39, 0.29) is 23.4 Å². The molecule has 1 aromatic heterocycles. The van der Waals surface area contributed by atoms with Crippen molar-refractivity contribution in [3.63, 3.8) is 0 Å². The van der Waals surface area contributed by atoms with Crippen LogP contribution >= 0.6 is 0 Å². The highest BCUT2D eigenvalue weighted by Crippen LogP contribution is 2.39. The Morgan fingerprint density at radius 3 is 2.57 bits per heavy atom. The molecule has 0 radical (unpaired) electrons. The number of piperidine rings is 1. The molecule has 10 heteroatoms. The first-order chi connectivity index (χ1) is 14.4. The van der Waals surface area contributed by atoms with Crippen LogP contribution in [-0.4, -0.2) is 54.3 Å². The summed E-state index contributed by atoms with van der Waals surface area (Å²) in [4.78, 5) is 21.7. The topological polar surface area (TPSA) is 92.7 Å². The van der Waals surface area contributed by atoms with Gasteiger partial charge in [-0.1, -0.05) is 0 Å². The average Bonchev–Trinajstić information content (AvgIpc) is 3.18. The van der Waals surface area contributed by atoms with Crippen molar-refractivity contribution in [2.45, 2.75) is 43.1 Å². The zero-order chi connectivity index (χ0) is 20.9. The summed E-state index contributed by atoms with van der Waals surface area (Å²) in [5.41, 5.74) is 2.75. The summed E-state index contributed by atoms with van der Waals surface area (Å²) in [6.45, 7) is 1.20. The number of hydrogen-bond acceptors (Lipinski definition) is 6. The van der Waals surface area contributed by atoms with Crippen molar-refractivity contribution in [3.8, 4) is 6.01 Å². The summed E-state index contributed by atoms with van der Waals surface area (Å²) in [5.74, 6) is -0.452. The quantitative estimate of drug-likeness (QED) is 0.730. The Hall–Kier alpha value is -2.59. The van der Waals surface area contributed by atoms with E-state index in [1.807, 2.05) is 0 Å². The second-order valence-corrected chi connectivity index (χ2v) is 9.75. The highest BCUT2D eigenvalue weighted by molar-refractivity contribution is 7.89. The maximum atomic E-state index is 13.4. The molecule has 1 unspecified atom stereocenters. The Labute approximate surface area is 173 Å². The highest BCUT2D eigenvalue weighted by Gasteiger charge is 2.36. The monoisotopic (exact) mass is 432 g/mol. The number of carbonyl (C=O) groups is 1. The number of anilines is 1. The summed E-state index contributed by atoms with van der Waals surface area (Å²) < 4.78 is 46.8. The predicted octanol–water partition coefficient (Wildman–Crippen LogP) is 1.68. The molecule has 158 valence electrons. The van der Waals surface area contributed by atoms with Gasteiger partial charge in [-0.2, -0.15) is 4.31 Å². The molecule has 0 saturated carbocycles. The van der Waals surface area contributed by atoms with Gasteiger partial charge >= 0.3 is 6.01 Å². The molecule has 30 heavy (non-hydrogen) atoms. The van der Waals surface area contributed by atoms with Gasteiger partial charge in [0.15, 0.2) is 5.82 Å². The van der Waals surface area contributed by atoms with Crippen LogP contribution in [0.15, 0.2) is 29.4 Å². The number of sulfonamides is 1. The molecule has 0 N–H and O–H groups in total. The van der Waals surface area contributed by atoms with E-state index < -0.39 is 21.9 Å². The molecule has 2 aromatic rings. The molecule has 1 fully saturated rings. The molecule has 1 amide bonds. The normalized spacial score (nSPS) is 21.6. The SMILES string of the molecule is O=C1CCc2cc(S(=O)(=O)N3CCCC(Oc4ncc(F)cn4)C3)cc3c2N1CC3. The first kappa shape index (κ1) is 19.4. The average molecular weight is 432 g/mol. The van der Waals surface area contributed by atoms with E-state index in [2.05, 4.69) is 9.97 Å². The minimum absolute atomic E-state index is 0.0346. The second kappa shape index (κ2) is 7.28. The first-order valence-corrected chi connectivity index (χ1v) is 11.5. The van der Waals surface area contributed by atoms with E-state index in [0.717, 1.165) is 29.2 Å². The standard InChI is InChI=1S/C20H21FN4O4S/c21-15-10-22-20(23-11-15)29-16-2-1-6-24(12-16)30(27,28)17-8-13-3-4-18(26)25-7-5-14(9-17)19(13)25/h8-11,16H,1-7,12H2. The lowest BCUT2D eigenvalue weighted by molar-refractivity contribution is -0.118. The molecule has 0 aliphatic carbocycles. The number of aromatic nitrogens is 2. The van der Waals surface area contributed by atoms with Gasteiger partial charge in [-0.15, -0.1) is 0 Å². The minimum atomic E-state index is -3.71. The minimum Gasteiger partial charge on any atom is -0.459 e. The zero-order valence-electron chi connectivity index (χ0n) is 16.3. The number of nitrogens with zero attached hydrogens (tertiary/aromatic N) is 4. The van der Waals surface area contributed by atoms with Crippen molar-refractivity contribution in [2.24, 2.45) is 0 Å². The maximum absolute atomic E-state index is 13.4. The van der Waals surface area contributed by atoms with Crippen LogP contribution in [0.2, 0.25) is 0 Å². The lowest BCUT2D eigenvalue weighted by atomic mass is 10.00. The number of hydrogen-bond donors (Lipinski definition) is 0. The fourth-order valence-corrected chi connectivity index (χ4v) is 6.07. The van der Waals surface area contributed by atoms with Gasteiger partial charge in [0.2, 0.25) is 15.9 Å². The van der Waals surface area contributed by atoms with E-state index in [0.29, 0.717) is 45.2 Å². The van der Waals surface area contributed by atoms with Gasteiger partial charge in [0, 0.05) is 19.5 Å². The number of amides is 1. The smallest absolute Gasteiger partial charge is 0.316 e. The summed E-state index contributed by atoms with van der Waals surface area (Å²) in [5, 5.41) is 0. The summed E-state index contributed by atoms with van der Waals surface area (Å²) in [6.07, 6.45) is 4.59. The predicted molar refractivity (Wildman–Crippen MR) is 105 cm³/mol. The fraction of sp³-hybridized carbons (Fsp3) is 0.450. The van der Waals surface area contributed by atoms with Crippen LogP contribution in [0.25, 0.3) is 0 Å². The molecular weight excluding hydrogens is 411 g/mol. The van der Waals surface area contributed by atoms with Crippen LogP contribution in [0.4, 0.5) is 10.1 Å². The van der Waals surface area contributed by atoms with E-state index in [4.69, 9.17) is 4.74 Å². The number of rotatable bonds is 4. The Kier molecular flexibility index (Phi) is 4.70. The van der Waals surface area contributed by atoms with Gasteiger partial charge in [0.25, 0.3) is 0 Å². The lowest BCUT2D eigenvalue weighted by Gasteiger charge is -2.32. The summed E-state index contributed by atoms with van der Waals surface area (Å²) >= 11 is 0. The van der Waals surface area contributed by atoms with Crippen LogP contribution in [0.5, 0.6) is 6.01 Å². The van der Waals surface area contributed by atoms with Crippen LogP contribution in [0.3, 0.4) is 0 Å². The third-order valence-corrected chi connectivity index (χ3v) is 7.72. The van der Waals surface area contributed by atoms with Crippen molar-refractivity contribution in [3.05, 3.63) is 41.5 Å². The molecule has 5 rings (SSSR count). The second-order valence-electron chi connectivity index (χ2n) is 7.81. The molecule has 1 atom stereocenters. The molecule has 3 aliphatic rings. The number of benzene rings is 1. The zero-order valence-corrected chi connectivity index (χ0v) is 17.1. The highest BCUT2D eigenvalue weighted by atomic mass is 32.2. The molecular formula is C20H21FN4O4S. The third kappa shape index (κ3) is 3.33. The van der Waals surface area contributed by atoms with Gasteiger partial charge < -0.3 is 9.64 Å². The largest absolute Gasteiger partial charge is 0.459 e. The molecule has 1 aromatic carbocycles. The van der Waals surface area contributed by atoms with Crippen molar-refractivity contribution in [1.82, 2.24) is 14.3 Å². The van der Waals surface area contributed by atoms with E-state index in [1.165, 1.54) is 4.31 Å². The van der Waals surface area contributed by atoms with E-state index in [9.17, 15) is 17.6 Å². The summed E-state index contributed by atoms with van der Waals surface area (Å²) in [7, 11) is -3.71. The van der Waals surface area contributed by atoms with Crippen LogP contribution < -0.4 is 9.64 Å². The van der Waals surface area contributed by atoms with Gasteiger partial charge in [0.05, 0.1) is 29.5 Å². The molecule has 4 heterocycles. The Morgan fingerprint density at radius 1 is 1.07 bits per heavy atom. The fourth-order valence-electron chi connectivity index (χ4n) is 4.45.